The maximum absolute atomic E-state index is 12.8. The first-order valence-electron chi connectivity index (χ1n) is 9.52. The third kappa shape index (κ3) is 3.76. The summed E-state index contributed by atoms with van der Waals surface area (Å²) >= 11 is 0. The Morgan fingerprint density at radius 3 is 2.69 bits per heavy atom. The van der Waals surface area contributed by atoms with Crippen LogP contribution in [0.2, 0.25) is 0 Å². The fourth-order valence-corrected chi connectivity index (χ4v) is 3.75. The van der Waals surface area contributed by atoms with Crippen molar-refractivity contribution in [2.24, 2.45) is 0 Å². The number of rotatable bonds is 6. The summed E-state index contributed by atoms with van der Waals surface area (Å²) in [5.74, 6) is -0.420. The smallest absolute Gasteiger partial charge is 0.316 e. The molecule has 0 radical (unpaired) electrons. The van der Waals surface area contributed by atoms with Gasteiger partial charge in [-0.2, -0.15) is 5.10 Å². The van der Waals surface area contributed by atoms with Gasteiger partial charge in [0.2, 0.25) is 0 Å². The van der Waals surface area contributed by atoms with Gasteiger partial charge in [0.1, 0.15) is 12.7 Å². The van der Waals surface area contributed by atoms with Gasteiger partial charge in [-0.3, -0.25) is 9.59 Å². The highest BCUT2D eigenvalue weighted by molar-refractivity contribution is 6.04. The number of esters is 1. The van der Waals surface area contributed by atoms with Crippen LogP contribution in [0.4, 0.5) is 5.69 Å². The van der Waals surface area contributed by atoms with E-state index < -0.39 is 5.41 Å². The van der Waals surface area contributed by atoms with Gasteiger partial charge in [0.05, 0.1) is 19.1 Å². The summed E-state index contributed by atoms with van der Waals surface area (Å²) in [6.07, 6.45) is 5.63. The molecule has 4 rings (SSSR count). The van der Waals surface area contributed by atoms with Crippen molar-refractivity contribution in [2.75, 3.05) is 12.4 Å². The Balaban J connectivity index is 1.51. The van der Waals surface area contributed by atoms with E-state index in [2.05, 4.69) is 15.4 Å². The summed E-state index contributed by atoms with van der Waals surface area (Å²) in [4.78, 5) is 29.0. The predicted octanol–water partition coefficient (Wildman–Crippen LogP) is 3.17. The number of aromatic nitrogens is 3. The Bertz CT molecular complexity index is 1030. The van der Waals surface area contributed by atoms with E-state index in [1.54, 1.807) is 17.1 Å². The van der Waals surface area contributed by atoms with Crippen LogP contribution < -0.4 is 5.32 Å². The first kappa shape index (κ1) is 18.9. The highest BCUT2D eigenvalue weighted by Gasteiger charge is 2.46. The van der Waals surface area contributed by atoms with Crippen LogP contribution in [0.1, 0.15) is 40.7 Å². The highest BCUT2D eigenvalue weighted by Crippen LogP contribution is 2.45. The van der Waals surface area contributed by atoms with Crippen LogP contribution >= 0.6 is 0 Å². The van der Waals surface area contributed by atoms with Gasteiger partial charge in [-0.1, -0.05) is 30.7 Å². The lowest BCUT2D eigenvalue weighted by Crippen LogP contribution is -2.43. The molecule has 1 heterocycles. The molecule has 3 aromatic rings. The molecule has 29 heavy (non-hydrogen) atoms. The fraction of sp³-hybridized carbons (Fsp3) is 0.273. The Kier molecular flexibility index (Phi) is 5.12. The van der Waals surface area contributed by atoms with Crippen molar-refractivity contribution in [1.29, 1.82) is 0 Å². The predicted molar refractivity (Wildman–Crippen MR) is 108 cm³/mol. The van der Waals surface area contributed by atoms with Crippen molar-refractivity contribution in [2.45, 2.75) is 31.2 Å². The number of ether oxygens (including phenoxy) is 1. The third-order valence-electron chi connectivity index (χ3n) is 5.46. The van der Waals surface area contributed by atoms with Crippen LogP contribution in [0.25, 0.3) is 0 Å². The molecule has 148 valence electrons. The molecule has 0 atom stereocenters. The molecule has 1 N–H and O–H groups in total. The lowest BCUT2D eigenvalue weighted by molar-refractivity contribution is -0.151. The minimum Gasteiger partial charge on any atom is -0.468 e. The Labute approximate surface area is 168 Å². The maximum atomic E-state index is 12.8. The second-order valence-corrected chi connectivity index (χ2v) is 7.26. The summed E-state index contributed by atoms with van der Waals surface area (Å²) in [6.45, 7) is 0.540. The lowest BCUT2D eigenvalue weighted by Gasteiger charge is -2.39. The standard InChI is InChI=1S/C22H22N4O3/c1-29-21(28)22(9-4-10-22)18-7-3-8-19(12-18)25-20(27)17-6-2-5-16(11-17)13-26-15-23-14-24-26/h2-3,5-8,11-12,14-15H,4,9-10,13H2,1H3,(H,25,27). The average Bonchev–Trinajstić information content (AvgIpc) is 3.20. The second kappa shape index (κ2) is 7.87. The molecule has 1 aromatic heterocycles. The van der Waals surface area contributed by atoms with E-state index in [9.17, 15) is 9.59 Å². The van der Waals surface area contributed by atoms with Crippen molar-refractivity contribution in [3.63, 3.8) is 0 Å². The topological polar surface area (TPSA) is 86.1 Å². The van der Waals surface area contributed by atoms with Gasteiger partial charge in [-0.05, 0) is 48.2 Å². The number of carbonyl (C=O) groups is 2. The normalized spacial score (nSPS) is 14.7. The van der Waals surface area contributed by atoms with E-state index in [4.69, 9.17) is 4.74 Å². The molecule has 7 heteroatoms. The molecular weight excluding hydrogens is 368 g/mol. The van der Waals surface area contributed by atoms with Gasteiger partial charge in [0, 0.05) is 11.3 Å². The third-order valence-corrected chi connectivity index (χ3v) is 5.46. The zero-order valence-electron chi connectivity index (χ0n) is 16.2. The molecule has 1 saturated carbocycles. The van der Waals surface area contributed by atoms with Crippen molar-refractivity contribution in [3.8, 4) is 0 Å². The largest absolute Gasteiger partial charge is 0.468 e. The number of anilines is 1. The van der Waals surface area contributed by atoms with Crippen LogP contribution in [0.3, 0.4) is 0 Å². The Morgan fingerprint density at radius 2 is 2.00 bits per heavy atom. The number of carbonyl (C=O) groups excluding carboxylic acids is 2. The quantitative estimate of drug-likeness (QED) is 0.654. The van der Waals surface area contributed by atoms with E-state index in [1.165, 1.54) is 13.4 Å². The molecule has 0 spiro atoms. The van der Waals surface area contributed by atoms with Crippen molar-refractivity contribution in [3.05, 3.63) is 77.9 Å². The summed E-state index contributed by atoms with van der Waals surface area (Å²) in [6, 6.07) is 14.9. The van der Waals surface area contributed by atoms with Gasteiger partial charge in [-0.25, -0.2) is 9.67 Å². The summed E-state index contributed by atoms with van der Waals surface area (Å²) in [5, 5.41) is 7.02. The molecule has 1 aliphatic rings. The number of hydrogen-bond donors (Lipinski definition) is 1. The molecule has 1 amide bonds. The average molecular weight is 390 g/mol. The lowest BCUT2D eigenvalue weighted by atomic mass is 9.64. The van der Waals surface area contributed by atoms with Gasteiger partial charge in [0.25, 0.3) is 5.91 Å². The van der Waals surface area contributed by atoms with Gasteiger partial charge in [-0.15, -0.1) is 0 Å². The number of benzene rings is 2. The molecule has 0 unspecified atom stereocenters. The van der Waals surface area contributed by atoms with Crippen molar-refractivity contribution in [1.82, 2.24) is 14.8 Å². The van der Waals surface area contributed by atoms with Gasteiger partial charge in [0.15, 0.2) is 0 Å². The van der Waals surface area contributed by atoms with Crippen molar-refractivity contribution >= 4 is 17.6 Å². The zero-order chi connectivity index (χ0) is 20.3. The Hall–Kier alpha value is -3.48. The van der Waals surface area contributed by atoms with E-state index in [0.29, 0.717) is 17.8 Å². The molecule has 0 bridgehead atoms. The minimum atomic E-state index is -0.590. The molecule has 0 aliphatic heterocycles. The number of methoxy groups -OCH3 is 1. The zero-order valence-corrected chi connectivity index (χ0v) is 16.2. The first-order chi connectivity index (χ1) is 14.1. The molecule has 2 aromatic carbocycles. The maximum Gasteiger partial charge on any atom is 0.316 e. The molecular formula is C22H22N4O3. The Morgan fingerprint density at radius 1 is 1.17 bits per heavy atom. The van der Waals surface area contributed by atoms with E-state index in [-0.39, 0.29) is 11.9 Å². The van der Waals surface area contributed by atoms with Crippen LogP contribution in [0.15, 0.2) is 61.2 Å². The van der Waals surface area contributed by atoms with Crippen LogP contribution in [0, 0.1) is 0 Å². The monoisotopic (exact) mass is 390 g/mol. The summed E-state index contributed by atoms with van der Waals surface area (Å²) < 4.78 is 6.72. The molecule has 1 fully saturated rings. The van der Waals surface area contributed by atoms with Gasteiger partial charge < -0.3 is 10.1 Å². The molecule has 0 saturated heterocycles. The first-order valence-corrected chi connectivity index (χ1v) is 9.52. The molecule has 7 nitrogen and oxygen atoms in total. The van der Waals surface area contributed by atoms with Crippen molar-refractivity contribution < 1.29 is 14.3 Å². The van der Waals surface area contributed by atoms with E-state index >= 15 is 0 Å². The number of nitrogens with zero attached hydrogens (tertiary/aromatic N) is 3. The number of hydrogen-bond acceptors (Lipinski definition) is 5. The SMILES string of the molecule is COC(=O)C1(c2cccc(NC(=O)c3cccc(Cn4cncn4)c3)c2)CCC1. The highest BCUT2D eigenvalue weighted by atomic mass is 16.5. The molecule has 1 aliphatic carbocycles. The summed E-state index contributed by atoms with van der Waals surface area (Å²) in [7, 11) is 1.42. The number of amides is 1. The minimum absolute atomic E-state index is 0.205. The number of nitrogens with one attached hydrogen (secondary N) is 1. The van der Waals surface area contributed by atoms with Crippen LogP contribution in [-0.2, 0) is 21.5 Å². The van der Waals surface area contributed by atoms with E-state index in [1.807, 2.05) is 42.5 Å². The fourth-order valence-electron chi connectivity index (χ4n) is 3.75. The summed E-state index contributed by atoms with van der Waals surface area (Å²) in [5.41, 5.74) is 2.46. The van der Waals surface area contributed by atoms with E-state index in [0.717, 1.165) is 30.4 Å². The van der Waals surface area contributed by atoms with Crippen LogP contribution in [0.5, 0.6) is 0 Å². The van der Waals surface area contributed by atoms with Gasteiger partial charge >= 0.3 is 5.97 Å². The van der Waals surface area contributed by atoms with Crippen LogP contribution in [-0.4, -0.2) is 33.8 Å². The second-order valence-electron chi connectivity index (χ2n) is 7.26.